The summed E-state index contributed by atoms with van der Waals surface area (Å²) < 4.78 is 40.2. The molecule has 0 radical (unpaired) electrons. The van der Waals surface area contributed by atoms with Gasteiger partial charge in [0.1, 0.15) is 5.82 Å². The van der Waals surface area contributed by atoms with Gasteiger partial charge in [-0.05, 0) is 24.6 Å². The summed E-state index contributed by atoms with van der Waals surface area (Å²) in [5.41, 5.74) is 6.33. The first-order valence-corrected chi connectivity index (χ1v) is 8.20. The van der Waals surface area contributed by atoms with E-state index in [0.717, 1.165) is 17.4 Å². The number of hydrogen-bond acceptors (Lipinski definition) is 5. The van der Waals surface area contributed by atoms with Crippen molar-refractivity contribution in [3.05, 3.63) is 39.6 Å². The van der Waals surface area contributed by atoms with Crippen LogP contribution in [0.1, 0.15) is 11.3 Å². The molecule has 0 saturated heterocycles. The second-order valence-electron chi connectivity index (χ2n) is 3.98. The maximum atomic E-state index is 13.6. The van der Waals surface area contributed by atoms with Crippen LogP contribution in [0.3, 0.4) is 0 Å². The molecule has 108 valence electrons. The summed E-state index contributed by atoms with van der Waals surface area (Å²) in [5.74, 6) is -0.828. The number of benzene rings is 1. The Morgan fingerprint density at radius 1 is 1.50 bits per heavy atom. The quantitative estimate of drug-likeness (QED) is 0.899. The van der Waals surface area contributed by atoms with E-state index >= 15 is 0 Å². The van der Waals surface area contributed by atoms with Crippen molar-refractivity contribution in [2.45, 2.75) is 18.4 Å². The van der Waals surface area contributed by atoms with Crippen LogP contribution in [-0.2, 0) is 16.6 Å². The Balaban J connectivity index is 2.41. The lowest BCUT2D eigenvalue weighted by Crippen LogP contribution is -2.14. The van der Waals surface area contributed by atoms with Crippen molar-refractivity contribution in [2.24, 2.45) is 5.73 Å². The lowest BCUT2D eigenvalue weighted by atomic mass is 10.2. The minimum absolute atomic E-state index is 0.0600. The first-order chi connectivity index (χ1) is 9.33. The van der Waals surface area contributed by atoms with E-state index in [1.807, 2.05) is 0 Å². The summed E-state index contributed by atoms with van der Waals surface area (Å²) in [6.45, 7) is 1.68. The van der Waals surface area contributed by atoms with Crippen LogP contribution >= 0.6 is 22.9 Å². The van der Waals surface area contributed by atoms with E-state index in [0.29, 0.717) is 5.69 Å². The zero-order valence-electron chi connectivity index (χ0n) is 10.4. The molecule has 0 amide bonds. The number of rotatable bonds is 4. The topological polar surface area (TPSA) is 85.1 Å². The molecule has 0 spiro atoms. The average Bonchev–Trinajstić information content (AvgIpc) is 2.77. The van der Waals surface area contributed by atoms with Crippen LogP contribution < -0.4 is 10.5 Å². The molecule has 1 heterocycles. The number of aryl methyl sites for hydroxylation is 1. The van der Waals surface area contributed by atoms with Gasteiger partial charge in [-0.25, -0.2) is 17.8 Å². The molecule has 1 aromatic heterocycles. The third-order valence-electron chi connectivity index (χ3n) is 2.45. The molecule has 0 aliphatic heterocycles. The highest BCUT2D eigenvalue weighted by Gasteiger charge is 2.19. The molecular formula is C11H11ClFN3O2S2. The number of aromatic nitrogens is 1. The Hall–Kier alpha value is -1.22. The Bertz CT molecular complexity index is 746. The molecular weight excluding hydrogens is 325 g/mol. The minimum atomic E-state index is -3.93. The number of anilines is 1. The molecule has 0 aliphatic carbocycles. The smallest absolute Gasteiger partial charge is 0.263 e. The van der Waals surface area contributed by atoms with E-state index < -0.39 is 15.8 Å². The van der Waals surface area contributed by atoms with Gasteiger partial charge in [0.05, 0.1) is 15.6 Å². The molecule has 0 fully saturated rings. The SMILES string of the molecule is Cc1csc(NS(=O)(=O)c2cc(F)c(Cl)c(CN)c2)n1. The van der Waals surface area contributed by atoms with Gasteiger partial charge in [0, 0.05) is 11.9 Å². The van der Waals surface area contributed by atoms with Crippen LogP contribution in [0.25, 0.3) is 0 Å². The van der Waals surface area contributed by atoms with Gasteiger partial charge in [-0.1, -0.05) is 11.6 Å². The van der Waals surface area contributed by atoms with Crippen LogP contribution in [0.2, 0.25) is 5.02 Å². The Morgan fingerprint density at radius 3 is 2.75 bits per heavy atom. The maximum Gasteiger partial charge on any atom is 0.263 e. The second kappa shape index (κ2) is 5.65. The highest BCUT2D eigenvalue weighted by molar-refractivity contribution is 7.93. The molecule has 0 unspecified atom stereocenters. The predicted octanol–water partition coefficient (Wildman–Crippen LogP) is 2.50. The summed E-state index contributed by atoms with van der Waals surface area (Å²) in [7, 11) is -3.93. The fourth-order valence-corrected chi connectivity index (χ4v) is 3.69. The molecule has 3 N–H and O–H groups in total. The molecule has 5 nitrogen and oxygen atoms in total. The Kier molecular flexibility index (Phi) is 4.28. The molecule has 0 saturated carbocycles. The summed E-state index contributed by atoms with van der Waals surface area (Å²) in [6.07, 6.45) is 0. The number of nitrogens with zero attached hydrogens (tertiary/aromatic N) is 1. The van der Waals surface area contributed by atoms with Crippen molar-refractivity contribution >= 4 is 38.1 Å². The van der Waals surface area contributed by atoms with Gasteiger partial charge in [0.2, 0.25) is 0 Å². The highest BCUT2D eigenvalue weighted by atomic mass is 35.5. The van der Waals surface area contributed by atoms with Crippen molar-refractivity contribution in [3.8, 4) is 0 Å². The number of sulfonamides is 1. The summed E-state index contributed by atoms with van der Waals surface area (Å²) in [6, 6.07) is 2.10. The lowest BCUT2D eigenvalue weighted by molar-refractivity contribution is 0.594. The number of hydrogen-bond donors (Lipinski definition) is 2. The van der Waals surface area contributed by atoms with E-state index in [4.69, 9.17) is 17.3 Å². The zero-order chi connectivity index (χ0) is 14.9. The van der Waals surface area contributed by atoms with Crippen molar-refractivity contribution in [2.75, 3.05) is 4.72 Å². The fourth-order valence-electron chi connectivity index (χ4n) is 1.50. The van der Waals surface area contributed by atoms with Crippen LogP contribution in [0.15, 0.2) is 22.4 Å². The number of thiazole rings is 1. The first-order valence-electron chi connectivity index (χ1n) is 5.46. The van der Waals surface area contributed by atoms with Crippen molar-refractivity contribution in [1.29, 1.82) is 0 Å². The lowest BCUT2D eigenvalue weighted by Gasteiger charge is -2.09. The third kappa shape index (κ3) is 3.09. The third-order valence-corrected chi connectivity index (χ3v) is 5.19. The van der Waals surface area contributed by atoms with Gasteiger partial charge in [-0.2, -0.15) is 0 Å². The van der Waals surface area contributed by atoms with Gasteiger partial charge < -0.3 is 5.73 Å². The summed E-state index contributed by atoms with van der Waals surface area (Å²) >= 11 is 6.84. The highest BCUT2D eigenvalue weighted by Crippen LogP contribution is 2.26. The normalized spacial score (nSPS) is 11.6. The van der Waals surface area contributed by atoms with Crippen molar-refractivity contribution < 1.29 is 12.8 Å². The van der Waals surface area contributed by atoms with E-state index in [9.17, 15) is 12.8 Å². The molecule has 0 atom stereocenters. The van der Waals surface area contributed by atoms with Crippen LogP contribution in [0.4, 0.5) is 9.52 Å². The zero-order valence-corrected chi connectivity index (χ0v) is 12.7. The molecule has 2 aromatic rings. The Morgan fingerprint density at radius 2 is 2.20 bits per heavy atom. The number of halogens is 2. The van der Waals surface area contributed by atoms with E-state index in [-0.39, 0.29) is 27.2 Å². The van der Waals surface area contributed by atoms with Crippen LogP contribution in [-0.4, -0.2) is 13.4 Å². The number of nitrogens with one attached hydrogen (secondary N) is 1. The van der Waals surface area contributed by atoms with E-state index in [2.05, 4.69) is 9.71 Å². The largest absolute Gasteiger partial charge is 0.326 e. The molecule has 0 aliphatic rings. The maximum absolute atomic E-state index is 13.6. The summed E-state index contributed by atoms with van der Waals surface area (Å²) in [5, 5.41) is 1.75. The molecule has 0 bridgehead atoms. The average molecular weight is 336 g/mol. The van der Waals surface area contributed by atoms with Gasteiger partial charge in [0.25, 0.3) is 10.0 Å². The van der Waals surface area contributed by atoms with E-state index in [1.54, 1.807) is 12.3 Å². The summed E-state index contributed by atoms with van der Waals surface area (Å²) in [4.78, 5) is 3.74. The fraction of sp³-hybridized carbons (Fsp3) is 0.182. The molecule has 9 heteroatoms. The first kappa shape index (κ1) is 15.2. The molecule has 20 heavy (non-hydrogen) atoms. The van der Waals surface area contributed by atoms with Crippen molar-refractivity contribution in [1.82, 2.24) is 4.98 Å². The number of nitrogens with two attached hydrogens (primary N) is 1. The van der Waals surface area contributed by atoms with Crippen LogP contribution in [0.5, 0.6) is 0 Å². The molecule has 2 rings (SSSR count). The van der Waals surface area contributed by atoms with Crippen molar-refractivity contribution in [3.63, 3.8) is 0 Å². The predicted molar refractivity (Wildman–Crippen MR) is 77.0 cm³/mol. The van der Waals surface area contributed by atoms with Gasteiger partial charge in [0.15, 0.2) is 5.13 Å². The monoisotopic (exact) mass is 335 g/mol. The standard InChI is InChI=1S/C11H11ClFN3O2S2/c1-6-5-19-11(15-6)16-20(17,18)8-2-7(4-14)10(12)9(13)3-8/h2-3,5H,4,14H2,1H3,(H,15,16). The van der Waals surface area contributed by atoms with Gasteiger partial charge in [-0.3, -0.25) is 4.72 Å². The van der Waals surface area contributed by atoms with Gasteiger partial charge in [-0.15, -0.1) is 11.3 Å². The Labute approximate surface area is 124 Å². The van der Waals surface area contributed by atoms with Gasteiger partial charge >= 0.3 is 0 Å². The van der Waals surface area contributed by atoms with E-state index in [1.165, 1.54) is 6.07 Å². The molecule has 1 aromatic carbocycles. The minimum Gasteiger partial charge on any atom is -0.326 e. The van der Waals surface area contributed by atoms with Crippen LogP contribution in [0, 0.1) is 12.7 Å². The second-order valence-corrected chi connectivity index (χ2v) is 6.90.